The van der Waals surface area contributed by atoms with Crippen molar-refractivity contribution in [3.8, 4) is 0 Å². The van der Waals surface area contributed by atoms with E-state index in [1.165, 1.54) is 0 Å². The maximum Gasteiger partial charge on any atom is 0.255 e. The molecule has 1 aliphatic heterocycles. The monoisotopic (exact) mass is 424 g/mol. The van der Waals surface area contributed by atoms with Gasteiger partial charge in [0.1, 0.15) is 0 Å². The van der Waals surface area contributed by atoms with Crippen LogP contribution < -0.4 is 5.32 Å². The second kappa shape index (κ2) is 5.85. The van der Waals surface area contributed by atoms with Crippen molar-refractivity contribution in [2.24, 2.45) is 0 Å². The molecule has 1 heterocycles. The first-order chi connectivity index (χ1) is 8.50. The number of carbonyl (C=O) groups excluding carboxylic acids is 1. The van der Waals surface area contributed by atoms with E-state index in [0.29, 0.717) is 18.7 Å². The molecule has 0 bridgehead atoms. The van der Waals surface area contributed by atoms with Crippen LogP contribution in [-0.4, -0.2) is 48.2 Å². The van der Waals surface area contributed by atoms with Crippen LogP contribution in [-0.2, 0) is 0 Å². The smallest absolute Gasteiger partial charge is 0.255 e. The number of hydrogen-bond acceptors (Lipinski definition) is 3. The molecule has 2 N–H and O–H groups in total. The van der Waals surface area contributed by atoms with E-state index >= 15 is 0 Å². The molecule has 4 nitrogen and oxygen atoms in total. The molecule has 0 spiro atoms. The van der Waals surface area contributed by atoms with Gasteiger partial charge in [0.2, 0.25) is 0 Å². The van der Waals surface area contributed by atoms with Crippen LogP contribution in [0.5, 0.6) is 0 Å². The summed E-state index contributed by atoms with van der Waals surface area (Å²) in [6, 6.07) is 5.49. The minimum atomic E-state index is -0.500. The molecule has 6 heteroatoms. The predicted octanol–water partition coefficient (Wildman–Crippen LogP) is 1.46. The quantitative estimate of drug-likeness (QED) is 0.706. The summed E-state index contributed by atoms with van der Waals surface area (Å²) in [6.07, 6.45) is -0.500. The molecule has 0 radical (unpaired) electrons. The highest BCUT2D eigenvalue weighted by Crippen LogP contribution is 2.22. The first-order valence-electron chi connectivity index (χ1n) is 5.61. The van der Waals surface area contributed by atoms with Gasteiger partial charge < -0.3 is 15.3 Å². The van der Waals surface area contributed by atoms with Gasteiger partial charge in [-0.2, -0.15) is 0 Å². The van der Waals surface area contributed by atoms with Crippen molar-refractivity contribution in [3.05, 3.63) is 31.8 Å². The van der Waals surface area contributed by atoms with Crippen molar-refractivity contribution >= 4 is 44.4 Å². The standard InChI is InChI=1S/C12H14BrIN2O2/c1-16(10-5-15-6-11(10)17)12(18)8-4-7(14)2-3-9(8)13/h2-4,10-11,15,17H,5-6H2,1H3/t10-,11-/m1/s1. The van der Waals surface area contributed by atoms with E-state index in [2.05, 4.69) is 43.8 Å². The van der Waals surface area contributed by atoms with Crippen molar-refractivity contribution in [2.45, 2.75) is 12.1 Å². The summed E-state index contributed by atoms with van der Waals surface area (Å²) in [7, 11) is 1.73. The molecule has 0 saturated carbocycles. The van der Waals surface area contributed by atoms with Gasteiger partial charge in [0.05, 0.1) is 17.7 Å². The summed E-state index contributed by atoms with van der Waals surface area (Å²) in [5, 5.41) is 12.9. The van der Waals surface area contributed by atoms with Crippen LogP contribution in [0.15, 0.2) is 22.7 Å². The van der Waals surface area contributed by atoms with E-state index in [0.717, 1.165) is 8.04 Å². The molecule has 1 saturated heterocycles. The fourth-order valence-electron chi connectivity index (χ4n) is 2.05. The third-order valence-corrected chi connectivity index (χ3v) is 4.49. The van der Waals surface area contributed by atoms with Crippen LogP contribution in [0.3, 0.4) is 0 Å². The molecule has 0 unspecified atom stereocenters. The minimum Gasteiger partial charge on any atom is -0.390 e. The van der Waals surface area contributed by atoms with Gasteiger partial charge in [-0.15, -0.1) is 0 Å². The summed E-state index contributed by atoms with van der Waals surface area (Å²) in [5.41, 5.74) is 0.628. The number of carbonyl (C=O) groups is 1. The van der Waals surface area contributed by atoms with Crippen molar-refractivity contribution in [1.29, 1.82) is 0 Å². The molecule has 2 rings (SSSR count). The Hall–Kier alpha value is -0.180. The number of rotatable bonds is 2. The third kappa shape index (κ3) is 2.87. The summed E-state index contributed by atoms with van der Waals surface area (Å²) >= 11 is 5.57. The zero-order chi connectivity index (χ0) is 13.3. The third-order valence-electron chi connectivity index (χ3n) is 3.13. The molecule has 1 fully saturated rings. The zero-order valence-corrected chi connectivity index (χ0v) is 13.6. The Bertz CT molecular complexity index is 469. The topological polar surface area (TPSA) is 52.6 Å². The number of likely N-dealkylation sites (N-methyl/N-ethyl adjacent to an activating group) is 1. The lowest BCUT2D eigenvalue weighted by Crippen LogP contribution is -2.44. The fraction of sp³-hybridized carbons (Fsp3) is 0.417. The lowest BCUT2D eigenvalue weighted by atomic mass is 10.1. The fourth-order valence-corrected chi connectivity index (χ4v) is 2.96. The second-order valence-corrected chi connectivity index (χ2v) is 6.43. The molecule has 98 valence electrons. The number of halogens is 2. The number of nitrogens with zero attached hydrogens (tertiary/aromatic N) is 1. The molecule has 1 aromatic carbocycles. The number of hydrogen-bond donors (Lipinski definition) is 2. The average molecular weight is 425 g/mol. The van der Waals surface area contributed by atoms with Crippen LogP contribution in [0.1, 0.15) is 10.4 Å². The van der Waals surface area contributed by atoms with E-state index < -0.39 is 6.10 Å². The Kier molecular flexibility index (Phi) is 4.63. The lowest BCUT2D eigenvalue weighted by Gasteiger charge is -2.26. The number of aliphatic hydroxyl groups is 1. The molecule has 1 aromatic rings. The second-order valence-electron chi connectivity index (χ2n) is 4.33. The zero-order valence-electron chi connectivity index (χ0n) is 9.86. The van der Waals surface area contributed by atoms with Crippen molar-refractivity contribution in [1.82, 2.24) is 10.2 Å². The maximum atomic E-state index is 12.4. The highest BCUT2D eigenvalue weighted by Gasteiger charge is 2.32. The van der Waals surface area contributed by atoms with Gasteiger partial charge in [-0.3, -0.25) is 4.79 Å². The van der Waals surface area contributed by atoms with Crippen LogP contribution in [0.2, 0.25) is 0 Å². The van der Waals surface area contributed by atoms with Gasteiger partial charge in [-0.25, -0.2) is 0 Å². The van der Waals surface area contributed by atoms with Gasteiger partial charge in [0, 0.05) is 28.2 Å². The number of amides is 1. The Morgan fingerprint density at radius 1 is 1.56 bits per heavy atom. The van der Waals surface area contributed by atoms with Gasteiger partial charge in [0.15, 0.2) is 0 Å². The first-order valence-corrected chi connectivity index (χ1v) is 7.49. The van der Waals surface area contributed by atoms with Crippen molar-refractivity contribution < 1.29 is 9.90 Å². The van der Waals surface area contributed by atoms with Crippen LogP contribution >= 0.6 is 38.5 Å². The molecule has 18 heavy (non-hydrogen) atoms. The van der Waals surface area contributed by atoms with Crippen LogP contribution in [0.25, 0.3) is 0 Å². The van der Waals surface area contributed by atoms with E-state index in [-0.39, 0.29) is 11.9 Å². The van der Waals surface area contributed by atoms with Crippen molar-refractivity contribution in [3.63, 3.8) is 0 Å². The van der Waals surface area contributed by atoms with E-state index in [9.17, 15) is 9.90 Å². The highest BCUT2D eigenvalue weighted by atomic mass is 127. The van der Waals surface area contributed by atoms with Gasteiger partial charge in [-0.1, -0.05) is 0 Å². The van der Waals surface area contributed by atoms with Crippen LogP contribution in [0, 0.1) is 3.57 Å². The van der Waals surface area contributed by atoms with Crippen LogP contribution in [0.4, 0.5) is 0 Å². The Labute approximate surface area is 128 Å². The molecular weight excluding hydrogens is 411 g/mol. The van der Waals surface area contributed by atoms with E-state index in [1.54, 1.807) is 11.9 Å². The molecule has 1 amide bonds. The minimum absolute atomic E-state index is 0.0758. The number of benzene rings is 1. The Morgan fingerprint density at radius 2 is 2.28 bits per heavy atom. The highest BCUT2D eigenvalue weighted by molar-refractivity contribution is 14.1. The molecule has 0 aliphatic carbocycles. The number of nitrogens with one attached hydrogen (secondary N) is 1. The van der Waals surface area contributed by atoms with Gasteiger partial charge in [-0.05, 0) is 56.7 Å². The molecule has 1 aliphatic rings. The summed E-state index contributed by atoms with van der Waals surface area (Å²) < 4.78 is 1.79. The molecule has 2 atom stereocenters. The number of aliphatic hydroxyl groups excluding tert-OH is 1. The maximum absolute atomic E-state index is 12.4. The largest absolute Gasteiger partial charge is 0.390 e. The predicted molar refractivity (Wildman–Crippen MR) is 81.6 cm³/mol. The summed E-state index contributed by atoms with van der Waals surface area (Å²) in [5.74, 6) is -0.0758. The van der Waals surface area contributed by atoms with Gasteiger partial charge in [0.25, 0.3) is 5.91 Å². The molecular formula is C12H14BrIN2O2. The summed E-state index contributed by atoms with van der Waals surface area (Å²) in [4.78, 5) is 14.0. The Morgan fingerprint density at radius 3 is 2.89 bits per heavy atom. The number of β-amino-alcohol motifs (C(OH)–C–C–N with tert-alkyl or cyclic N) is 1. The molecule has 0 aromatic heterocycles. The SMILES string of the molecule is CN(C(=O)c1cc(I)ccc1Br)[C@@H]1CNC[C@H]1O. The van der Waals surface area contributed by atoms with E-state index in [1.807, 2.05) is 18.2 Å². The summed E-state index contributed by atoms with van der Waals surface area (Å²) in [6.45, 7) is 1.17. The average Bonchev–Trinajstić information content (AvgIpc) is 2.77. The first kappa shape index (κ1) is 14.2. The Balaban J connectivity index is 2.22. The normalized spacial score (nSPS) is 23.1. The lowest BCUT2D eigenvalue weighted by molar-refractivity contribution is 0.0580. The van der Waals surface area contributed by atoms with Crippen molar-refractivity contribution in [2.75, 3.05) is 20.1 Å². The van der Waals surface area contributed by atoms with Gasteiger partial charge >= 0.3 is 0 Å². The van der Waals surface area contributed by atoms with E-state index in [4.69, 9.17) is 0 Å².